The van der Waals surface area contributed by atoms with Crippen LogP contribution >= 0.6 is 0 Å². The van der Waals surface area contributed by atoms with Gasteiger partial charge in [0, 0.05) is 0 Å². The zero-order valence-electron chi connectivity index (χ0n) is 10.4. The monoisotopic (exact) mass is 249 g/mol. The van der Waals surface area contributed by atoms with Gasteiger partial charge < -0.3 is 14.8 Å². The minimum Gasteiger partial charge on any atom is -0.489 e. The number of alkyl carbamates (subject to hydrolysis) is 1. The lowest BCUT2D eigenvalue weighted by Crippen LogP contribution is -2.22. The third-order valence-corrected chi connectivity index (χ3v) is 2.69. The maximum atomic E-state index is 11.5. The van der Waals surface area contributed by atoms with Crippen LogP contribution in [0.15, 0.2) is 18.2 Å². The molecule has 1 saturated heterocycles. The average molecular weight is 249 g/mol. The molecule has 0 bridgehead atoms. The first-order chi connectivity index (χ1) is 8.56. The highest BCUT2D eigenvalue weighted by Crippen LogP contribution is 2.21. The molecular formula is C13H15NO4. The molecule has 18 heavy (non-hydrogen) atoms. The van der Waals surface area contributed by atoms with Crippen LogP contribution in [0.25, 0.3) is 0 Å². The molecule has 1 unspecified atom stereocenters. The summed E-state index contributed by atoms with van der Waals surface area (Å²) in [5.41, 5.74) is 1.55. The van der Waals surface area contributed by atoms with Crippen LogP contribution < -0.4 is 10.1 Å². The summed E-state index contributed by atoms with van der Waals surface area (Å²) in [6.45, 7) is 4.08. The largest absolute Gasteiger partial charge is 0.489 e. The van der Waals surface area contributed by atoms with Gasteiger partial charge in [0.05, 0.1) is 12.1 Å². The van der Waals surface area contributed by atoms with Crippen molar-refractivity contribution < 1.29 is 19.1 Å². The molecule has 0 aromatic heterocycles. The molecule has 0 radical (unpaired) electrons. The number of carbonyl (C=O) groups is 2. The molecule has 1 aliphatic heterocycles. The van der Waals surface area contributed by atoms with E-state index in [4.69, 9.17) is 9.47 Å². The molecule has 1 fully saturated rings. The third-order valence-electron chi connectivity index (χ3n) is 2.69. The van der Waals surface area contributed by atoms with E-state index in [2.05, 4.69) is 5.32 Å². The fraction of sp³-hybridized carbons (Fsp3) is 0.385. The van der Waals surface area contributed by atoms with E-state index in [1.54, 1.807) is 12.1 Å². The summed E-state index contributed by atoms with van der Waals surface area (Å²) >= 11 is 0. The van der Waals surface area contributed by atoms with E-state index in [9.17, 15) is 9.59 Å². The van der Waals surface area contributed by atoms with Crippen LogP contribution in [0.1, 0.15) is 22.8 Å². The second kappa shape index (κ2) is 5.08. The summed E-state index contributed by atoms with van der Waals surface area (Å²) in [7, 11) is 0. The lowest BCUT2D eigenvalue weighted by molar-refractivity contribution is 0.0973. The van der Waals surface area contributed by atoms with Gasteiger partial charge in [0.2, 0.25) is 0 Å². The summed E-state index contributed by atoms with van der Waals surface area (Å²) in [5.74, 6) is 0.478. The van der Waals surface area contributed by atoms with Crippen molar-refractivity contribution in [3.8, 4) is 5.75 Å². The van der Waals surface area contributed by atoms with E-state index in [0.717, 1.165) is 5.56 Å². The quantitative estimate of drug-likeness (QED) is 0.825. The van der Waals surface area contributed by atoms with Gasteiger partial charge in [-0.2, -0.15) is 0 Å². The molecule has 1 amide bonds. The van der Waals surface area contributed by atoms with Gasteiger partial charge >= 0.3 is 6.09 Å². The Balaban J connectivity index is 2.04. The molecule has 1 aromatic rings. The van der Waals surface area contributed by atoms with Crippen molar-refractivity contribution in [3.05, 3.63) is 29.3 Å². The SMILES string of the molecule is CC(=O)c1cc(C)ccc1OCC1CNC(=O)O1. The topological polar surface area (TPSA) is 64.6 Å². The Kier molecular flexibility index (Phi) is 3.50. The van der Waals surface area contributed by atoms with Crippen LogP contribution in [-0.4, -0.2) is 31.1 Å². The van der Waals surface area contributed by atoms with Crippen molar-refractivity contribution in [2.45, 2.75) is 20.0 Å². The number of aryl methyl sites for hydroxylation is 1. The molecule has 0 saturated carbocycles. The highest BCUT2D eigenvalue weighted by atomic mass is 16.6. The fourth-order valence-electron chi connectivity index (χ4n) is 1.75. The third kappa shape index (κ3) is 2.80. The van der Waals surface area contributed by atoms with Crippen LogP contribution in [-0.2, 0) is 4.74 Å². The first-order valence-electron chi connectivity index (χ1n) is 5.75. The van der Waals surface area contributed by atoms with Crippen molar-refractivity contribution in [3.63, 3.8) is 0 Å². The number of ether oxygens (including phenoxy) is 2. The van der Waals surface area contributed by atoms with Crippen molar-refractivity contribution in [1.29, 1.82) is 0 Å². The number of Topliss-reactive ketones (excluding diaryl/α,β-unsaturated/α-hetero) is 1. The number of cyclic esters (lactones) is 1. The number of amides is 1. The van der Waals surface area contributed by atoms with E-state index in [-0.39, 0.29) is 18.5 Å². The Bertz CT molecular complexity index is 484. The molecule has 96 valence electrons. The van der Waals surface area contributed by atoms with Crippen LogP contribution in [0.3, 0.4) is 0 Å². The van der Waals surface area contributed by atoms with Crippen LogP contribution in [0.4, 0.5) is 4.79 Å². The molecule has 1 atom stereocenters. The zero-order chi connectivity index (χ0) is 13.1. The maximum absolute atomic E-state index is 11.5. The Labute approximate surface area is 105 Å². The standard InChI is InChI=1S/C13H15NO4/c1-8-3-4-12(11(5-8)9(2)15)17-7-10-6-14-13(16)18-10/h3-5,10H,6-7H2,1-2H3,(H,14,16). The predicted octanol–water partition coefficient (Wildman–Crippen LogP) is 1.68. The van der Waals surface area contributed by atoms with Crippen molar-refractivity contribution in [2.75, 3.05) is 13.2 Å². The normalized spacial score (nSPS) is 18.1. The van der Waals surface area contributed by atoms with Gasteiger partial charge in [-0.3, -0.25) is 4.79 Å². The van der Waals surface area contributed by atoms with Gasteiger partial charge in [0.1, 0.15) is 12.4 Å². The van der Waals surface area contributed by atoms with Gasteiger partial charge in [-0.05, 0) is 26.0 Å². The smallest absolute Gasteiger partial charge is 0.407 e. The highest BCUT2D eigenvalue weighted by Gasteiger charge is 2.23. The molecular weight excluding hydrogens is 234 g/mol. The molecule has 0 aliphatic carbocycles. The number of hydrogen-bond donors (Lipinski definition) is 1. The summed E-state index contributed by atoms with van der Waals surface area (Å²) in [5, 5.41) is 2.54. The van der Waals surface area contributed by atoms with Crippen LogP contribution in [0.5, 0.6) is 5.75 Å². The number of hydrogen-bond acceptors (Lipinski definition) is 4. The second-order valence-electron chi connectivity index (χ2n) is 4.28. The summed E-state index contributed by atoms with van der Waals surface area (Å²) in [4.78, 5) is 22.3. The fourth-order valence-corrected chi connectivity index (χ4v) is 1.75. The Morgan fingerprint density at radius 2 is 2.33 bits per heavy atom. The molecule has 1 heterocycles. The van der Waals surface area contributed by atoms with E-state index in [1.807, 2.05) is 13.0 Å². The second-order valence-corrected chi connectivity index (χ2v) is 4.28. The van der Waals surface area contributed by atoms with Crippen molar-refractivity contribution in [2.24, 2.45) is 0 Å². The lowest BCUT2D eigenvalue weighted by Gasteiger charge is -2.13. The number of carbonyl (C=O) groups excluding carboxylic acids is 2. The van der Waals surface area contributed by atoms with Gasteiger partial charge in [0.25, 0.3) is 0 Å². The van der Waals surface area contributed by atoms with Crippen molar-refractivity contribution >= 4 is 11.9 Å². The Hall–Kier alpha value is -2.04. The highest BCUT2D eigenvalue weighted by molar-refractivity contribution is 5.97. The molecule has 2 rings (SSSR count). The molecule has 0 spiro atoms. The molecule has 1 aromatic carbocycles. The first-order valence-corrected chi connectivity index (χ1v) is 5.75. The van der Waals surface area contributed by atoms with Crippen molar-refractivity contribution in [1.82, 2.24) is 5.32 Å². The van der Waals surface area contributed by atoms with Gasteiger partial charge in [-0.15, -0.1) is 0 Å². The number of rotatable bonds is 4. The Morgan fingerprint density at radius 1 is 1.56 bits per heavy atom. The Morgan fingerprint density at radius 3 is 2.94 bits per heavy atom. The predicted molar refractivity (Wildman–Crippen MR) is 65.0 cm³/mol. The molecule has 1 N–H and O–H groups in total. The summed E-state index contributed by atoms with van der Waals surface area (Å²) in [6, 6.07) is 5.42. The first kappa shape index (κ1) is 12.4. The van der Waals surface area contributed by atoms with E-state index >= 15 is 0 Å². The molecule has 5 nitrogen and oxygen atoms in total. The van der Waals surface area contributed by atoms with Crippen LogP contribution in [0, 0.1) is 6.92 Å². The minimum atomic E-state index is -0.431. The zero-order valence-corrected chi connectivity index (χ0v) is 10.4. The minimum absolute atomic E-state index is 0.0461. The number of benzene rings is 1. The number of ketones is 1. The average Bonchev–Trinajstić information content (AvgIpc) is 2.73. The number of nitrogens with one attached hydrogen (secondary N) is 1. The van der Waals surface area contributed by atoms with E-state index in [0.29, 0.717) is 17.9 Å². The molecule has 5 heteroatoms. The lowest BCUT2D eigenvalue weighted by atomic mass is 10.1. The van der Waals surface area contributed by atoms with Crippen LogP contribution in [0.2, 0.25) is 0 Å². The van der Waals surface area contributed by atoms with E-state index < -0.39 is 6.09 Å². The summed E-state index contributed by atoms with van der Waals surface area (Å²) in [6.07, 6.45) is -0.738. The van der Waals surface area contributed by atoms with E-state index in [1.165, 1.54) is 6.92 Å². The summed E-state index contributed by atoms with van der Waals surface area (Å²) < 4.78 is 10.5. The van der Waals surface area contributed by atoms with Gasteiger partial charge in [-0.1, -0.05) is 11.6 Å². The molecule has 1 aliphatic rings. The maximum Gasteiger partial charge on any atom is 0.407 e. The van der Waals surface area contributed by atoms with Gasteiger partial charge in [-0.25, -0.2) is 4.79 Å². The van der Waals surface area contributed by atoms with Gasteiger partial charge in [0.15, 0.2) is 11.9 Å².